The van der Waals surface area contributed by atoms with Crippen LogP contribution in [0.5, 0.6) is 0 Å². The molecule has 0 radical (unpaired) electrons. The van der Waals surface area contributed by atoms with Gasteiger partial charge in [-0.05, 0) is 18.4 Å². The second-order valence-electron chi connectivity index (χ2n) is 4.03. The van der Waals surface area contributed by atoms with E-state index in [0.29, 0.717) is 5.56 Å². The van der Waals surface area contributed by atoms with E-state index in [2.05, 4.69) is 16.2 Å². The molecule has 1 heterocycles. The average Bonchev–Trinajstić information content (AvgIpc) is 2.89. The van der Waals surface area contributed by atoms with Crippen LogP contribution in [0.2, 0.25) is 0 Å². The number of rotatable bonds is 4. The maximum absolute atomic E-state index is 9.39. The zero-order valence-corrected chi connectivity index (χ0v) is 12.2. The van der Waals surface area contributed by atoms with Crippen molar-refractivity contribution in [3.05, 3.63) is 35.4 Å². The summed E-state index contributed by atoms with van der Waals surface area (Å²) < 4.78 is 1.80. The predicted molar refractivity (Wildman–Crippen MR) is 76.6 cm³/mol. The molecule has 98 valence electrons. The van der Waals surface area contributed by atoms with E-state index in [1.807, 2.05) is 38.3 Å². The molecule has 0 aliphatic rings. The maximum atomic E-state index is 9.39. The third kappa shape index (κ3) is 2.49. The van der Waals surface area contributed by atoms with E-state index < -0.39 is 0 Å². The summed E-state index contributed by atoms with van der Waals surface area (Å²) >= 11 is 1.57. The van der Waals surface area contributed by atoms with E-state index in [4.69, 9.17) is 0 Å². The molecule has 1 aromatic heterocycles. The molecule has 0 spiro atoms. The average molecular weight is 272 g/mol. The van der Waals surface area contributed by atoms with Crippen LogP contribution < -0.4 is 0 Å². The van der Waals surface area contributed by atoms with Crippen molar-refractivity contribution in [2.75, 3.05) is 6.26 Å². The smallest absolute Gasteiger partial charge is 0.151 e. The Morgan fingerprint density at radius 3 is 2.68 bits per heavy atom. The quantitative estimate of drug-likeness (QED) is 0.803. The third-order valence-electron chi connectivity index (χ3n) is 2.91. The lowest BCUT2D eigenvalue weighted by Gasteiger charge is -2.09. The van der Waals surface area contributed by atoms with Gasteiger partial charge in [-0.1, -0.05) is 19.9 Å². The lowest BCUT2D eigenvalue weighted by Crippen LogP contribution is -2.05. The molecule has 0 saturated heterocycles. The van der Waals surface area contributed by atoms with E-state index in [1.54, 1.807) is 16.4 Å². The third-order valence-corrected chi connectivity index (χ3v) is 3.69. The number of aryl methyl sites for hydroxylation is 2. The summed E-state index contributed by atoms with van der Waals surface area (Å²) in [6.07, 6.45) is 3.56. The number of benzene rings is 1. The van der Waals surface area contributed by atoms with Crippen LogP contribution in [0.1, 0.15) is 31.1 Å². The standard InChI is InChI=1S/C14H16N4S/c1-4-13-16-14(5-2)18(17-13)11-7-6-8-12(19-3)10(11)9-15/h6-8H,4-5H2,1-3H3. The molecule has 0 fully saturated rings. The van der Waals surface area contributed by atoms with Crippen LogP contribution in [0.3, 0.4) is 0 Å². The number of hydrogen-bond donors (Lipinski definition) is 0. The van der Waals surface area contributed by atoms with Gasteiger partial charge in [-0.25, -0.2) is 9.67 Å². The molecule has 1 aromatic carbocycles. The lowest BCUT2D eigenvalue weighted by molar-refractivity contribution is 0.787. The van der Waals surface area contributed by atoms with Gasteiger partial charge in [0.05, 0.1) is 11.3 Å². The van der Waals surface area contributed by atoms with Gasteiger partial charge in [0.1, 0.15) is 11.9 Å². The SMILES string of the molecule is CCc1nc(CC)n(-c2cccc(SC)c2C#N)n1. The van der Waals surface area contributed by atoms with Crippen molar-refractivity contribution in [1.82, 2.24) is 14.8 Å². The first-order valence-corrected chi connectivity index (χ1v) is 7.49. The summed E-state index contributed by atoms with van der Waals surface area (Å²) in [5.41, 5.74) is 1.48. The first-order chi connectivity index (χ1) is 9.24. The van der Waals surface area contributed by atoms with Crippen molar-refractivity contribution >= 4 is 11.8 Å². The van der Waals surface area contributed by atoms with Gasteiger partial charge >= 0.3 is 0 Å². The summed E-state index contributed by atoms with van der Waals surface area (Å²) in [4.78, 5) is 5.46. The molecule has 0 unspecified atom stereocenters. The van der Waals surface area contributed by atoms with Gasteiger partial charge in [0.15, 0.2) is 5.82 Å². The van der Waals surface area contributed by atoms with E-state index >= 15 is 0 Å². The van der Waals surface area contributed by atoms with Crippen molar-refractivity contribution in [3.8, 4) is 11.8 Å². The first kappa shape index (κ1) is 13.6. The Balaban J connectivity index is 2.65. The van der Waals surface area contributed by atoms with Gasteiger partial charge in [0.25, 0.3) is 0 Å². The first-order valence-electron chi connectivity index (χ1n) is 6.27. The largest absolute Gasteiger partial charge is 0.216 e. The van der Waals surface area contributed by atoms with E-state index in [-0.39, 0.29) is 0 Å². The molecular weight excluding hydrogens is 256 g/mol. The number of nitrogens with zero attached hydrogens (tertiary/aromatic N) is 4. The van der Waals surface area contributed by atoms with Crippen LogP contribution in [0.25, 0.3) is 5.69 Å². The van der Waals surface area contributed by atoms with Crippen LogP contribution in [0.15, 0.2) is 23.1 Å². The van der Waals surface area contributed by atoms with Crippen molar-refractivity contribution in [1.29, 1.82) is 5.26 Å². The fourth-order valence-electron chi connectivity index (χ4n) is 1.94. The zero-order valence-electron chi connectivity index (χ0n) is 11.3. The Labute approximate surface area is 117 Å². The lowest BCUT2D eigenvalue weighted by atomic mass is 10.2. The Morgan fingerprint density at radius 2 is 2.11 bits per heavy atom. The highest BCUT2D eigenvalue weighted by Gasteiger charge is 2.14. The van der Waals surface area contributed by atoms with Gasteiger partial charge in [-0.2, -0.15) is 10.4 Å². The fourth-order valence-corrected chi connectivity index (χ4v) is 2.51. The van der Waals surface area contributed by atoms with E-state index in [9.17, 15) is 5.26 Å². The zero-order chi connectivity index (χ0) is 13.8. The molecule has 4 nitrogen and oxygen atoms in total. The Bertz CT molecular complexity index is 625. The number of hydrogen-bond acceptors (Lipinski definition) is 4. The van der Waals surface area contributed by atoms with Gasteiger partial charge in [0, 0.05) is 17.7 Å². The Morgan fingerprint density at radius 1 is 1.32 bits per heavy atom. The van der Waals surface area contributed by atoms with Gasteiger partial charge < -0.3 is 0 Å². The summed E-state index contributed by atoms with van der Waals surface area (Å²) in [5, 5.41) is 13.9. The highest BCUT2D eigenvalue weighted by atomic mass is 32.2. The molecule has 2 aromatic rings. The second-order valence-corrected chi connectivity index (χ2v) is 4.88. The van der Waals surface area contributed by atoms with Crippen LogP contribution in [-0.4, -0.2) is 21.0 Å². The van der Waals surface area contributed by atoms with Gasteiger partial charge in [0.2, 0.25) is 0 Å². The molecule has 19 heavy (non-hydrogen) atoms. The summed E-state index contributed by atoms with van der Waals surface area (Å²) in [6, 6.07) is 8.11. The maximum Gasteiger partial charge on any atom is 0.151 e. The fraction of sp³-hybridized carbons (Fsp3) is 0.357. The summed E-state index contributed by atoms with van der Waals surface area (Å²) in [6.45, 7) is 4.08. The number of thioether (sulfide) groups is 1. The molecular formula is C14H16N4S. The number of aromatic nitrogens is 3. The topological polar surface area (TPSA) is 54.5 Å². The summed E-state index contributed by atoms with van der Waals surface area (Å²) in [7, 11) is 0. The minimum atomic E-state index is 0.664. The summed E-state index contributed by atoms with van der Waals surface area (Å²) in [5.74, 6) is 1.71. The predicted octanol–water partition coefficient (Wildman–Crippen LogP) is 2.99. The highest BCUT2D eigenvalue weighted by molar-refractivity contribution is 7.98. The molecule has 0 saturated carbocycles. The van der Waals surface area contributed by atoms with Crippen molar-refractivity contribution in [2.45, 2.75) is 31.6 Å². The monoisotopic (exact) mass is 272 g/mol. The minimum Gasteiger partial charge on any atom is -0.216 e. The minimum absolute atomic E-state index is 0.664. The van der Waals surface area contributed by atoms with E-state index in [1.165, 1.54) is 0 Å². The van der Waals surface area contributed by atoms with Crippen LogP contribution >= 0.6 is 11.8 Å². The molecule has 2 rings (SSSR count). The normalized spacial score (nSPS) is 10.4. The van der Waals surface area contributed by atoms with Crippen molar-refractivity contribution < 1.29 is 0 Å². The molecule has 0 atom stereocenters. The molecule has 0 bridgehead atoms. The highest BCUT2D eigenvalue weighted by Crippen LogP contribution is 2.25. The molecule has 0 amide bonds. The molecule has 5 heteroatoms. The van der Waals surface area contributed by atoms with Gasteiger partial charge in [-0.15, -0.1) is 11.8 Å². The van der Waals surface area contributed by atoms with Crippen LogP contribution in [-0.2, 0) is 12.8 Å². The Kier molecular flexibility index (Phi) is 4.23. The van der Waals surface area contributed by atoms with Gasteiger partial charge in [-0.3, -0.25) is 0 Å². The van der Waals surface area contributed by atoms with Crippen LogP contribution in [0.4, 0.5) is 0 Å². The van der Waals surface area contributed by atoms with Crippen molar-refractivity contribution in [2.24, 2.45) is 0 Å². The second kappa shape index (κ2) is 5.89. The molecule has 0 N–H and O–H groups in total. The van der Waals surface area contributed by atoms with Crippen LogP contribution in [0, 0.1) is 11.3 Å². The molecule has 0 aliphatic carbocycles. The molecule has 0 aliphatic heterocycles. The number of nitriles is 1. The van der Waals surface area contributed by atoms with E-state index in [0.717, 1.165) is 35.1 Å². The Hall–Kier alpha value is -1.80. The van der Waals surface area contributed by atoms with Crippen molar-refractivity contribution in [3.63, 3.8) is 0 Å².